The van der Waals surface area contributed by atoms with E-state index in [1.165, 1.54) is 37.4 Å². The number of phenols is 1. The highest BCUT2D eigenvalue weighted by Crippen LogP contribution is 2.24. The molecular formula is C73H97N17O20S2. The topological polar surface area (TPSA) is 615 Å². The van der Waals surface area contributed by atoms with Crippen LogP contribution in [-0.2, 0) is 101 Å². The summed E-state index contributed by atoms with van der Waals surface area (Å²) in [6.07, 6.45) is -5.69. The van der Waals surface area contributed by atoms with Crippen molar-refractivity contribution in [2.45, 2.75) is 177 Å². The van der Waals surface area contributed by atoms with Crippen molar-refractivity contribution in [3.05, 3.63) is 114 Å². The highest BCUT2D eigenvalue weighted by Gasteiger charge is 2.42. The first-order valence-corrected chi connectivity index (χ1v) is 36.7. The summed E-state index contributed by atoms with van der Waals surface area (Å²) in [4.78, 5) is 233. The molecule has 5 aromatic rings. The summed E-state index contributed by atoms with van der Waals surface area (Å²) < 4.78 is 0. The number of thiol groups is 2. The van der Waals surface area contributed by atoms with Crippen LogP contribution in [0.15, 0.2) is 97.2 Å². The van der Waals surface area contributed by atoms with Crippen molar-refractivity contribution in [2.24, 2.45) is 28.9 Å². The largest absolute Gasteiger partial charge is 0.508 e. The van der Waals surface area contributed by atoms with Crippen LogP contribution in [0.1, 0.15) is 103 Å². The van der Waals surface area contributed by atoms with Gasteiger partial charge in [0, 0.05) is 74.1 Å². The smallest absolute Gasteiger partial charge is 0.303 e. The van der Waals surface area contributed by atoms with Crippen LogP contribution in [0, 0.1) is 5.92 Å². The molecule has 4 aromatic carbocycles. The number of aromatic nitrogens is 1. The molecule has 0 radical (unpaired) electrons. The number of aliphatic hydroxyl groups is 1. The molecule has 0 aliphatic carbocycles. The van der Waals surface area contributed by atoms with Crippen LogP contribution in [0.3, 0.4) is 0 Å². The van der Waals surface area contributed by atoms with Gasteiger partial charge in [-0.3, -0.25) is 81.5 Å². The van der Waals surface area contributed by atoms with Gasteiger partial charge >= 0.3 is 5.97 Å². The molecule has 24 N–H and O–H groups in total. The minimum absolute atomic E-state index is 0.188. The van der Waals surface area contributed by atoms with E-state index in [1.807, 2.05) is 0 Å². The normalized spacial score (nSPS) is 14.6. The summed E-state index contributed by atoms with van der Waals surface area (Å²) in [5.41, 5.74) is 21.2. The van der Waals surface area contributed by atoms with Crippen LogP contribution in [0.25, 0.3) is 21.7 Å². The van der Waals surface area contributed by atoms with E-state index < -0.39 is 242 Å². The van der Waals surface area contributed by atoms with Crippen molar-refractivity contribution in [3.63, 3.8) is 0 Å². The number of aliphatic hydroxyl groups excluding tert-OH is 1. The van der Waals surface area contributed by atoms with Gasteiger partial charge in [-0.2, -0.15) is 25.3 Å². The van der Waals surface area contributed by atoms with Crippen LogP contribution in [-0.4, -0.2) is 211 Å². The van der Waals surface area contributed by atoms with E-state index in [0.717, 1.165) is 13.8 Å². The Morgan fingerprint density at radius 1 is 0.464 bits per heavy atom. The Balaban J connectivity index is 1.50. The summed E-state index contributed by atoms with van der Waals surface area (Å²) >= 11 is 8.45. The lowest BCUT2D eigenvalue weighted by molar-refractivity contribution is -0.140. The lowest BCUT2D eigenvalue weighted by Crippen LogP contribution is -2.65. The molecule has 12 atom stereocenters. The number of aromatic amines is 1. The van der Waals surface area contributed by atoms with Crippen LogP contribution in [0.4, 0.5) is 0 Å². The minimum Gasteiger partial charge on any atom is -0.508 e. The van der Waals surface area contributed by atoms with Crippen molar-refractivity contribution in [1.82, 2.24) is 68.8 Å². The van der Waals surface area contributed by atoms with Crippen molar-refractivity contribution < 1.29 is 96.8 Å². The molecule has 0 saturated carbocycles. The van der Waals surface area contributed by atoms with E-state index in [2.05, 4.69) is 94.0 Å². The third kappa shape index (κ3) is 28.9. The molecule has 0 unspecified atom stereocenters. The fourth-order valence-corrected chi connectivity index (χ4v) is 12.5. The number of amides is 16. The van der Waals surface area contributed by atoms with Gasteiger partial charge in [0.05, 0.1) is 19.1 Å². The first kappa shape index (κ1) is 90.7. The molecular weight excluding hydrogens is 1500 g/mol. The number of carbonyl (C=O) groups is 17. The molecule has 0 aliphatic heterocycles. The maximum Gasteiger partial charge on any atom is 0.303 e. The number of hydrogen-bond donors (Lipinski definition) is 22. The average molecular weight is 1600 g/mol. The molecule has 37 nitrogen and oxygen atoms in total. The second kappa shape index (κ2) is 43.5. The molecule has 0 aliphatic rings. The summed E-state index contributed by atoms with van der Waals surface area (Å²) in [5, 5.41) is 62.4. The van der Waals surface area contributed by atoms with Crippen molar-refractivity contribution in [3.8, 4) is 5.75 Å². The van der Waals surface area contributed by atoms with E-state index in [1.54, 1.807) is 80.6 Å². The number of hydrogen-bond acceptors (Lipinski definition) is 21. The van der Waals surface area contributed by atoms with E-state index in [9.17, 15) is 87.2 Å². The fourth-order valence-electron chi connectivity index (χ4n) is 11.9. The first-order chi connectivity index (χ1) is 52.8. The molecule has 1 aromatic heterocycles. The Labute approximate surface area is 653 Å². The number of phenolic OH excluding ortho intramolecular Hbond substituents is 1. The molecule has 0 fully saturated rings. The molecule has 112 heavy (non-hydrogen) atoms. The second-order valence-electron chi connectivity index (χ2n) is 27.3. The molecule has 606 valence electrons. The van der Waals surface area contributed by atoms with E-state index in [0.29, 0.717) is 38.4 Å². The Kier molecular flexibility index (Phi) is 35.2. The van der Waals surface area contributed by atoms with Gasteiger partial charge in [0.15, 0.2) is 0 Å². The van der Waals surface area contributed by atoms with E-state index in [4.69, 9.17) is 22.9 Å². The molecule has 39 heteroatoms. The number of fused-ring (bicyclic) bond motifs is 2. The Morgan fingerprint density at radius 2 is 0.920 bits per heavy atom. The predicted octanol–water partition coefficient (Wildman–Crippen LogP) is -4.04. The molecule has 1 heterocycles. The average Bonchev–Trinajstić information content (AvgIpc) is 1.53. The quantitative estimate of drug-likeness (QED) is 0.0165. The number of primary amides is 4. The molecule has 5 rings (SSSR count). The van der Waals surface area contributed by atoms with Crippen LogP contribution < -0.4 is 86.7 Å². The number of carboxylic acids is 1. The Morgan fingerprint density at radius 3 is 1.46 bits per heavy atom. The fraction of sp³-hybridized carbons (Fsp3) is 0.438. The SMILES string of the molecule is CC(=O)N[C@@H](CS)C(=O)N[C@@H](CCC(N)=O)C(=O)N[C@H](C(=O)N[C@@H](Cc1c[nH]c2ccccc12)C(=O)N[C@@H](CCC(N)=O)C(=O)N[C@@H](CS)C(=O)N[C@@H](Cc1ccc(O)cc1)C(=O)N[C@@H](Cc1cccc2ccccc12)C(=O)N[C@@](C)(CC(C)C)C(=O)N[C@@H](CCC(=O)O)C(=O)N[C@@H](CC(N)=O)C(=O)NCC(N)=O)[C@@H](C)O. The van der Waals surface area contributed by atoms with Gasteiger partial charge < -0.3 is 107 Å². The van der Waals surface area contributed by atoms with Gasteiger partial charge in [-0.15, -0.1) is 0 Å². The van der Waals surface area contributed by atoms with Gasteiger partial charge in [-0.25, -0.2) is 0 Å². The number of carboxylic acid groups (broad SMARTS) is 1. The molecule has 0 bridgehead atoms. The summed E-state index contributed by atoms with van der Waals surface area (Å²) in [7, 11) is 0. The van der Waals surface area contributed by atoms with Crippen LogP contribution >= 0.6 is 25.3 Å². The monoisotopic (exact) mass is 1600 g/mol. The van der Waals surface area contributed by atoms with Gasteiger partial charge in [-0.05, 0) is 91.1 Å². The van der Waals surface area contributed by atoms with Crippen molar-refractivity contribution >= 4 is 147 Å². The van der Waals surface area contributed by atoms with E-state index in [-0.39, 0.29) is 30.8 Å². The van der Waals surface area contributed by atoms with Crippen molar-refractivity contribution in [1.29, 1.82) is 0 Å². The zero-order valence-electron chi connectivity index (χ0n) is 62.1. The lowest BCUT2D eigenvalue weighted by atomic mass is 9.88. The zero-order valence-corrected chi connectivity index (χ0v) is 63.8. The van der Waals surface area contributed by atoms with Crippen LogP contribution in [0.2, 0.25) is 0 Å². The number of benzene rings is 4. The van der Waals surface area contributed by atoms with Gasteiger partial charge in [0.2, 0.25) is 94.5 Å². The third-order valence-electron chi connectivity index (χ3n) is 17.5. The van der Waals surface area contributed by atoms with Crippen molar-refractivity contribution in [2.75, 3.05) is 18.1 Å². The summed E-state index contributed by atoms with van der Waals surface area (Å²) in [6, 6.07) is 7.43. The third-order valence-corrected chi connectivity index (χ3v) is 18.2. The summed E-state index contributed by atoms with van der Waals surface area (Å²) in [6.45, 7) is 6.18. The van der Waals surface area contributed by atoms with Gasteiger partial charge in [0.1, 0.15) is 71.7 Å². The number of nitrogens with two attached hydrogens (primary N) is 4. The number of rotatable bonds is 46. The number of aliphatic carboxylic acids is 1. The highest BCUT2D eigenvalue weighted by atomic mass is 32.1. The second-order valence-corrected chi connectivity index (χ2v) is 28.0. The number of H-pyrrole nitrogens is 1. The number of para-hydroxylation sites is 1. The maximum absolute atomic E-state index is 15.3. The standard InChI is InChI=1S/C73H97N17O20S2/c1-36(2)31-73(5,72(110)88-49(23-26-60(98)99)64(102)85-53(30-58(76)96)62(100)79-33-59(77)97)90-70(108)52(28-41-13-10-12-40-11-6-7-14-44(40)41)84-66(104)50(27-39-17-19-43(93)20-18-39)83-69(107)55(35-112)87-63(101)47(21-24-56(74)94)81-67(105)51(29-42-32-78-46-16-9-8-15-45(42)46)86-71(109)61(37(3)91)89-65(103)48(22-25-57(75)95)82-68(106)54(34-111)80-38(4)92/h6-20,32,36-37,47-55,61,78,91,93,111-112H,21-31,33-35H2,1-5H3,(H2,74,94)(H2,75,95)(H2,76,96)(H2,77,97)(H,79,100)(H,80,92)(H,81,105)(H,82,106)(H,83,107)(H,84,104)(H,85,102)(H,86,109)(H,87,101)(H,88,110)(H,89,103)(H,90,108)(H,98,99)/t37-,47+,48+,49+,50+,51+,52+,53+,54+,55+,61+,73+/m1/s1. The first-order valence-electron chi connectivity index (χ1n) is 35.5. The van der Waals surface area contributed by atoms with Gasteiger partial charge in [-0.1, -0.05) is 86.6 Å². The Bertz CT molecular complexity index is 4270. The van der Waals surface area contributed by atoms with Crippen LogP contribution in [0.5, 0.6) is 5.75 Å². The Hall–Kier alpha value is -11.9. The number of aromatic hydroxyl groups is 1. The maximum atomic E-state index is 15.3. The predicted molar refractivity (Wildman–Crippen MR) is 412 cm³/mol. The van der Waals surface area contributed by atoms with E-state index >= 15 is 9.59 Å². The molecule has 0 spiro atoms. The molecule has 16 amide bonds. The number of carbonyl (C=O) groups excluding carboxylic acids is 16. The zero-order chi connectivity index (χ0) is 83.3. The molecule has 0 saturated heterocycles. The highest BCUT2D eigenvalue weighted by molar-refractivity contribution is 7.80. The lowest BCUT2D eigenvalue weighted by Gasteiger charge is -2.35. The minimum atomic E-state index is -2.04. The summed E-state index contributed by atoms with van der Waals surface area (Å²) in [5.74, 6) is -19.4. The number of nitrogens with one attached hydrogen (secondary N) is 13. The van der Waals surface area contributed by atoms with Gasteiger partial charge in [0.25, 0.3) is 0 Å².